The summed E-state index contributed by atoms with van der Waals surface area (Å²) in [6.07, 6.45) is -0.267. The Labute approximate surface area is 157 Å². The number of nitrogens with zero attached hydrogens (tertiary/aromatic N) is 3. The molecular weight excluding hydrogens is 348 g/mol. The van der Waals surface area contributed by atoms with Crippen LogP contribution in [0.4, 0.5) is 0 Å². The SMILES string of the molecule is COc1ccc([C@@]2(C)[C@]3(C#N)C(N)=N[C@@]4(OC[C@H](C)O4)[C@@]32C#N)cc1OC. The first-order valence-corrected chi connectivity index (χ1v) is 8.56. The lowest BCUT2D eigenvalue weighted by Gasteiger charge is -2.30. The van der Waals surface area contributed by atoms with Crippen molar-refractivity contribution in [2.45, 2.75) is 31.3 Å². The van der Waals surface area contributed by atoms with Crippen molar-refractivity contribution in [1.29, 1.82) is 10.5 Å². The third kappa shape index (κ3) is 1.54. The second-order valence-electron chi connectivity index (χ2n) is 7.24. The summed E-state index contributed by atoms with van der Waals surface area (Å²) in [5.41, 5.74) is 3.16. The maximum atomic E-state index is 10.3. The molecule has 8 heteroatoms. The summed E-state index contributed by atoms with van der Waals surface area (Å²) in [4.78, 5) is 4.33. The van der Waals surface area contributed by atoms with Crippen molar-refractivity contribution in [2.75, 3.05) is 20.8 Å². The summed E-state index contributed by atoms with van der Waals surface area (Å²) in [5.74, 6) is -0.499. The van der Waals surface area contributed by atoms with Crippen molar-refractivity contribution in [3.63, 3.8) is 0 Å². The molecule has 2 aliphatic heterocycles. The number of rotatable bonds is 3. The quantitative estimate of drug-likeness (QED) is 0.856. The van der Waals surface area contributed by atoms with E-state index in [4.69, 9.17) is 24.7 Å². The molecule has 0 bridgehead atoms. The first-order chi connectivity index (χ1) is 12.8. The van der Waals surface area contributed by atoms with Crippen molar-refractivity contribution >= 4 is 5.84 Å². The number of nitriles is 2. The van der Waals surface area contributed by atoms with Crippen LogP contribution in [0.5, 0.6) is 11.5 Å². The highest BCUT2D eigenvalue weighted by Gasteiger charge is 3.00. The Hall–Kier alpha value is -2.81. The number of fused-ring (bicyclic) bond motifs is 2. The fourth-order valence-electron chi connectivity index (χ4n) is 4.97. The van der Waals surface area contributed by atoms with Crippen LogP contribution in [0.2, 0.25) is 0 Å². The average molecular weight is 368 g/mol. The molecule has 8 nitrogen and oxygen atoms in total. The number of ether oxygens (including phenoxy) is 4. The minimum atomic E-state index is -1.59. The van der Waals surface area contributed by atoms with E-state index in [2.05, 4.69) is 17.1 Å². The topological polar surface area (TPSA) is 123 Å². The van der Waals surface area contributed by atoms with Gasteiger partial charge in [0.1, 0.15) is 5.84 Å². The molecule has 0 amide bonds. The van der Waals surface area contributed by atoms with Gasteiger partial charge in [-0.2, -0.15) is 10.5 Å². The van der Waals surface area contributed by atoms with E-state index in [1.54, 1.807) is 25.3 Å². The zero-order valence-corrected chi connectivity index (χ0v) is 15.6. The Morgan fingerprint density at radius 2 is 1.93 bits per heavy atom. The molecule has 1 aromatic rings. The molecule has 5 atom stereocenters. The molecular formula is C19H20N4O4. The van der Waals surface area contributed by atoms with E-state index in [-0.39, 0.29) is 18.5 Å². The van der Waals surface area contributed by atoms with Gasteiger partial charge in [-0.15, -0.1) is 0 Å². The summed E-state index contributed by atoms with van der Waals surface area (Å²) < 4.78 is 22.5. The standard InChI is InChI=1S/C19H20N4O4/c1-11-8-26-19(27-11)18(10-21)16(2,17(18,9-20)15(22)23-19)12-5-6-13(24-3)14(7-12)25-4/h5-7,11H,8H2,1-4H3,(H2,22,23)/t11-,16-,17-,18+,19+/m0/s1. The maximum Gasteiger partial charge on any atom is 0.294 e. The van der Waals surface area contributed by atoms with Gasteiger partial charge in [0.2, 0.25) is 0 Å². The molecule has 0 radical (unpaired) electrons. The van der Waals surface area contributed by atoms with Gasteiger partial charge in [0.25, 0.3) is 5.91 Å². The molecule has 0 aromatic heterocycles. The van der Waals surface area contributed by atoms with Gasteiger partial charge in [0.15, 0.2) is 22.3 Å². The number of benzene rings is 1. The van der Waals surface area contributed by atoms with Crippen LogP contribution < -0.4 is 15.2 Å². The van der Waals surface area contributed by atoms with E-state index >= 15 is 0 Å². The van der Waals surface area contributed by atoms with Crippen LogP contribution >= 0.6 is 0 Å². The second-order valence-corrected chi connectivity index (χ2v) is 7.24. The van der Waals surface area contributed by atoms with E-state index in [0.717, 1.165) is 0 Å². The predicted molar refractivity (Wildman–Crippen MR) is 93.8 cm³/mol. The normalized spacial score (nSPS) is 41.4. The van der Waals surface area contributed by atoms with Gasteiger partial charge >= 0.3 is 0 Å². The highest BCUT2D eigenvalue weighted by Crippen LogP contribution is 2.85. The molecule has 2 fully saturated rings. The van der Waals surface area contributed by atoms with Gasteiger partial charge in [-0.05, 0) is 24.6 Å². The molecule has 2 heterocycles. The van der Waals surface area contributed by atoms with Crippen LogP contribution in [0.25, 0.3) is 0 Å². The highest BCUT2D eigenvalue weighted by atomic mass is 16.8. The molecule has 1 aromatic carbocycles. The molecule has 3 aliphatic rings. The van der Waals surface area contributed by atoms with Crippen molar-refractivity contribution < 1.29 is 18.9 Å². The summed E-state index contributed by atoms with van der Waals surface area (Å²) in [6, 6.07) is 9.87. The van der Waals surface area contributed by atoms with Crippen molar-refractivity contribution in [3.8, 4) is 23.6 Å². The molecule has 0 unspecified atom stereocenters. The van der Waals surface area contributed by atoms with Crippen LogP contribution in [0.1, 0.15) is 19.4 Å². The van der Waals surface area contributed by atoms with Crippen LogP contribution in [0.15, 0.2) is 23.2 Å². The minimum absolute atomic E-state index is 0.0536. The molecule has 1 saturated carbocycles. The lowest BCUT2D eigenvalue weighted by Crippen LogP contribution is -2.42. The fraction of sp³-hybridized carbons (Fsp3) is 0.526. The number of nitrogens with two attached hydrogens (primary N) is 1. The Morgan fingerprint density at radius 1 is 1.22 bits per heavy atom. The van der Waals surface area contributed by atoms with Gasteiger partial charge in [-0.3, -0.25) is 0 Å². The van der Waals surface area contributed by atoms with Gasteiger partial charge in [0, 0.05) is 5.41 Å². The number of amidine groups is 1. The largest absolute Gasteiger partial charge is 0.493 e. The lowest BCUT2D eigenvalue weighted by molar-refractivity contribution is -0.196. The van der Waals surface area contributed by atoms with E-state index in [0.29, 0.717) is 17.1 Å². The third-order valence-electron chi connectivity index (χ3n) is 6.30. The van der Waals surface area contributed by atoms with Gasteiger partial charge in [-0.25, -0.2) is 4.99 Å². The molecule has 1 saturated heterocycles. The molecule has 2 N–H and O–H groups in total. The van der Waals surface area contributed by atoms with Gasteiger partial charge < -0.3 is 24.7 Å². The first kappa shape index (κ1) is 17.6. The van der Waals surface area contributed by atoms with Crippen molar-refractivity contribution in [1.82, 2.24) is 0 Å². The summed E-state index contributed by atoms with van der Waals surface area (Å²) in [5, 5.41) is 20.4. The maximum absolute atomic E-state index is 10.3. The van der Waals surface area contributed by atoms with E-state index in [9.17, 15) is 10.5 Å². The monoisotopic (exact) mass is 368 g/mol. The van der Waals surface area contributed by atoms with Crippen LogP contribution in [0.3, 0.4) is 0 Å². The fourth-order valence-corrected chi connectivity index (χ4v) is 4.97. The number of methoxy groups -OCH3 is 2. The van der Waals surface area contributed by atoms with Crippen LogP contribution in [-0.4, -0.2) is 38.7 Å². The van der Waals surface area contributed by atoms with Gasteiger partial charge in [-0.1, -0.05) is 13.0 Å². The van der Waals surface area contributed by atoms with Crippen molar-refractivity contribution in [2.24, 2.45) is 21.6 Å². The van der Waals surface area contributed by atoms with Crippen molar-refractivity contribution in [3.05, 3.63) is 23.8 Å². The second kappa shape index (κ2) is 5.13. The zero-order valence-electron chi connectivity index (χ0n) is 15.6. The summed E-state index contributed by atoms with van der Waals surface area (Å²) in [7, 11) is 3.07. The molecule has 27 heavy (non-hydrogen) atoms. The Balaban J connectivity index is 1.96. The lowest BCUT2D eigenvalue weighted by atomic mass is 9.84. The Morgan fingerprint density at radius 3 is 2.44 bits per heavy atom. The van der Waals surface area contributed by atoms with E-state index in [1.807, 2.05) is 13.8 Å². The number of hydrogen-bond acceptors (Lipinski definition) is 8. The summed E-state index contributed by atoms with van der Waals surface area (Å²) in [6.45, 7) is 3.91. The Kier molecular flexibility index (Phi) is 3.34. The molecule has 1 spiro atoms. The molecule has 4 rings (SSSR count). The third-order valence-corrected chi connectivity index (χ3v) is 6.30. The summed E-state index contributed by atoms with van der Waals surface area (Å²) >= 11 is 0. The van der Waals surface area contributed by atoms with Crippen LogP contribution in [-0.2, 0) is 14.9 Å². The highest BCUT2D eigenvalue weighted by molar-refractivity contribution is 6.02. The predicted octanol–water partition coefficient (Wildman–Crippen LogP) is 1.45. The van der Waals surface area contributed by atoms with Crippen LogP contribution in [0, 0.1) is 33.5 Å². The Bertz CT molecular complexity index is 950. The smallest absolute Gasteiger partial charge is 0.294 e. The molecule has 140 valence electrons. The minimum Gasteiger partial charge on any atom is -0.493 e. The first-order valence-electron chi connectivity index (χ1n) is 8.56. The molecule has 1 aliphatic carbocycles. The average Bonchev–Trinajstić information content (AvgIpc) is 2.85. The van der Waals surface area contributed by atoms with E-state index in [1.165, 1.54) is 7.11 Å². The number of hydrogen-bond donors (Lipinski definition) is 1. The number of aliphatic imine (C=N–C) groups is 1. The van der Waals surface area contributed by atoms with E-state index < -0.39 is 22.2 Å². The van der Waals surface area contributed by atoms with Gasteiger partial charge in [0.05, 0.1) is 39.1 Å². The zero-order chi connectivity index (χ0) is 19.7.